The van der Waals surface area contributed by atoms with Crippen LogP contribution in [0.15, 0.2) is 48.8 Å². The lowest BCUT2D eigenvalue weighted by molar-refractivity contribution is -0.152. The zero-order valence-corrected chi connectivity index (χ0v) is 18.6. The molecule has 0 saturated carbocycles. The summed E-state index contributed by atoms with van der Waals surface area (Å²) in [6.07, 6.45) is 5.57. The first-order valence-electron chi connectivity index (χ1n) is 10.7. The van der Waals surface area contributed by atoms with Gasteiger partial charge in [0.25, 0.3) is 11.8 Å². The van der Waals surface area contributed by atoms with Crippen molar-refractivity contribution in [2.75, 3.05) is 24.6 Å². The number of amides is 2. The fourth-order valence-corrected chi connectivity index (χ4v) is 3.26. The number of nitrogens with two attached hydrogens (primary N) is 1. The Morgan fingerprint density at radius 3 is 2.34 bits per heavy atom. The van der Waals surface area contributed by atoms with Crippen LogP contribution in [0, 0.1) is 0 Å². The van der Waals surface area contributed by atoms with Gasteiger partial charge in [-0.3, -0.25) is 14.6 Å². The topological polar surface area (TPSA) is 143 Å². The molecule has 2 aliphatic rings. The molecule has 2 heterocycles. The maximum atomic E-state index is 12.2. The number of hydrogen-bond donors (Lipinski definition) is 6. The van der Waals surface area contributed by atoms with Crippen LogP contribution in [-0.2, 0) is 9.59 Å². The van der Waals surface area contributed by atoms with Crippen LogP contribution < -0.4 is 27.0 Å². The molecule has 0 radical (unpaired) electrons. The molecule has 10 nitrogen and oxygen atoms in total. The molecular formula is C22H34N6O4. The van der Waals surface area contributed by atoms with Crippen LogP contribution in [0.25, 0.3) is 0 Å². The molecule has 176 valence electrons. The number of carbonyl (C=O) groups is 2. The van der Waals surface area contributed by atoms with Crippen molar-refractivity contribution < 1.29 is 19.8 Å². The van der Waals surface area contributed by atoms with Crippen molar-refractivity contribution in [1.82, 2.24) is 21.1 Å². The summed E-state index contributed by atoms with van der Waals surface area (Å²) in [7, 11) is 0. The van der Waals surface area contributed by atoms with Gasteiger partial charge in [-0.1, -0.05) is 24.3 Å². The van der Waals surface area contributed by atoms with Gasteiger partial charge in [0.1, 0.15) is 0 Å². The van der Waals surface area contributed by atoms with E-state index in [1.807, 2.05) is 37.4 Å². The van der Waals surface area contributed by atoms with E-state index in [1.165, 1.54) is 9.91 Å². The number of hydrogen-bond acceptors (Lipinski definition) is 8. The van der Waals surface area contributed by atoms with Crippen molar-refractivity contribution in [3.8, 4) is 0 Å². The Hall–Kier alpha value is -2.92. The first-order valence-corrected chi connectivity index (χ1v) is 10.7. The molecule has 32 heavy (non-hydrogen) atoms. The van der Waals surface area contributed by atoms with Gasteiger partial charge in [0.15, 0.2) is 12.2 Å². The number of aliphatic hydroxyl groups excluding tert-OH is 2. The molecule has 0 aliphatic carbocycles. The summed E-state index contributed by atoms with van der Waals surface area (Å²) in [6.45, 7) is 5.65. The van der Waals surface area contributed by atoms with Gasteiger partial charge < -0.3 is 25.9 Å². The molecule has 1 aromatic rings. The van der Waals surface area contributed by atoms with Gasteiger partial charge in [-0.05, 0) is 44.4 Å². The van der Waals surface area contributed by atoms with Gasteiger partial charge in [0.2, 0.25) is 0 Å². The third-order valence-corrected chi connectivity index (χ3v) is 5.12. The highest BCUT2D eigenvalue weighted by atomic mass is 16.3. The van der Waals surface area contributed by atoms with E-state index in [9.17, 15) is 19.8 Å². The summed E-state index contributed by atoms with van der Waals surface area (Å²) in [5.74, 6) is 4.44. The molecule has 2 amide bonds. The number of nitrogens with one attached hydrogen (secondary N) is 3. The van der Waals surface area contributed by atoms with E-state index in [0.29, 0.717) is 13.1 Å². The molecule has 1 aromatic carbocycles. The van der Waals surface area contributed by atoms with Crippen LogP contribution in [0.1, 0.15) is 38.3 Å². The Bertz CT molecular complexity index is 786. The lowest BCUT2D eigenvalue weighted by Gasteiger charge is -2.24. The SMILES string of the molecule is C/C=C\N(N)c1ccc(C(C)NC(=O)C(O)C(O)C(=O)N2CCCC2)cc1.C1=CNNC1. The maximum Gasteiger partial charge on any atom is 0.254 e. The van der Waals surface area contributed by atoms with Crippen molar-refractivity contribution in [3.63, 3.8) is 0 Å². The van der Waals surface area contributed by atoms with Crippen LogP contribution >= 0.6 is 0 Å². The first kappa shape index (κ1) is 25.3. The van der Waals surface area contributed by atoms with Crippen molar-refractivity contribution >= 4 is 17.5 Å². The third-order valence-electron chi connectivity index (χ3n) is 5.12. The largest absolute Gasteiger partial charge is 0.380 e. The Balaban J connectivity index is 0.000000636. The first-order chi connectivity index (χ1) is 15.3. The Labute approximate surface area is 188 Å². The minimum Gasteiger partial charge on any atom is -0.380 e. The zero-order valence-electron chi connectivity index (χ0n) is 18.6. The van der Waals surface area contributed by atoms with E-state index < -0.39 is 30.1 Å². The standard InChI is InChI=1S/C19H28N4O4.C3H6N2/c1-3-10-23(20)15-8-6-14(7-9-15)13(2)21-18(26)16(24)17(25)19(27)22-11-4-5-12-22;1-2-4-5-3-1/h3,6-10,13,16-17,24-25H,4-5,11-12,20H2,1-2H3,(H,21,26);1-2,4-5H,3H2/b10-3-;. The molecule has 3 atom stereocenters. The molecule has 0 bridgehead atoms. The highest BCUT2D eigenvalue weighted by molar-refractivity contribution is 5.91. The lowest BCUT2D eigenvalue weighted by Crippen LogP contribution is -2.50. The number of allylic oxidation sites excluding steroid dienone is 1. The minimum absolute atomic E-state index is 0.414. The smallest absolute Gasteiger partial charge is 0.254 e. The Morgan fingerprint density at radius 2 is 1.84 bits per heavy atom. The fraction of sp³-hybridized carbons (Fsp3) is 0.455. The minimum atomic E-state index is -1.81. The molecule has 3 rings (SSSR count). The quantitative estimate of drug-likeness (QED) is 0.254. The second kappa shape index (κ2) is 12.8. The number of benzene rings is 1. The number of nitrogens with zero attached hydrogens (tertiary/aromatic N) is 2. The van der Waals surface area contributed by atoms with E-state index in [-0.39, 0.29) is 0 Å². The van der Waals surface area contributed by atoms with Gasteiger partial charge in [-0.2, -0.15) is 0 Å². The van der Waals surface area contributed by atoms with E-state index >= 15 is 0 Å². The van der Waals surface area contributed by atoms with Gasteiger partial charge >= 0.3 is 0 Å². The second-order valence-corrected chi connectivity index (χ2v) is 7.56. The summed E-state index contributed by atoms with van der Waals surface area (Å²) < 4.78 is 0. The van der Waals surface area contributed by atoms with Gasteiger partial charge in [0, 0.05) is 32.0 Å². The lowest BCUT2D eigenvalue weighted by atomic mass is 10.1. The molecule has 1 saturated heterocycles. The molecule has 0 aromatic heterocycles. The average Bonchev–Trinajstić information content (AvgIpc) is 3.55. The summed E-state index contributed by atoms with van der Waals surface area (Å²) in [6, 6.07) is 6.81. The predicted octanol–water partition coefficient (Wildman–Crippen LogP) is 0.0296. The Morgan fingerprint density at radius 1 is 1.19 bits per heavy atom. The van der Waals surface area contributed by atoms with E-state index in [2.05, 4.69) is 16.2 Å². The van der Waals surface area contributed by atoms with Crippen molar-refractivity contribution in [2.24, 2.45) is 5.84 Å². The summed E-state index contributed by atoms with van der Waals surface area (Å²) in [5, 5.41) is 24.2. The van der Waals surface area contributed by atoms with Crippen LogP contribution in [0.3, 0.4) is 0 Å². The van der Waals surface area contributed by atoms with Crippen LogP contribution in [0.5, 0.6) is 0 Å². The second-order valence-electron chi connectivity index (χ2n) is 7.56. The van der Waals surface area contributed by atoms with Gasteiger partial charge in [0.05, 0.1) is 11.7 Å². The number of hydrazine groups is 2. The molecule has 0 spiro atoms. The highest BCUT2D eigenvalue weighted by Gasteiger charge is 2.34. The summed E-state index contributed by atoms with van der Waals surface area (Å²) in [4.78, 5) is 25.8. The van der Waals surface area contributed by atoms with Crippen LogP contribution in [-0.4, -0.2) is 58.8 Å². The van der Waals surface area contributed by atoms with Crippen molar-refractivity contribution in [1.29, 1.82) is 0 Å². The Kier molecular flexibility index (Phi) is 10.2. The zero-order chi connectivity index (χ0) is 23.5. The average molecular weight is 447 g/mol. The number of rotatable bonds is 7. The molecule has 7 N–H and O–H groups in total. The summed E-state index contributed by atoms with van der Waals surface area (Å²) >= 11 is 0. The van der Waals surface area contributed by atoms with E-state index in [0.717, 1.165) is 30.6 Å². The predicted molar refractivity (Wildman–Crippen MR) is 123 cm³/mol. The number of anilines is 1. The molecule has 10 heteroatoms. The fourth-order valence-electron chi connectivity index (χ4n) is 3.26. The van der Waals surface area contributed by atoms with Crippen molar-refractivity contribution in [2.45, 2.75) is 44.9 Å². The molecule has 1 fully saturated rings. The normalized spacial score (nSPS) is 17.8. The highest BCUT2D eigenvalue weighted by Crippen LogP contribution is 2.18. The van der Waals surface area contributed by atoms with Gasteiger partial charge in [-0.15, -0.1) is 0 Å². The van der Waals surface area contributed by atoms with E-state index in [1.54, 1.807) is 25.3 Å². The number of carbonyl (C=O) groups excluding carboxylic acids is 2. The summed E-state index contributed by atoms with van der Waals surface area (Å²) in [5.41, 5.74) is 7.23. The molecule has 2 aliphatic heterocycles. The van der Waals surface area contributed by atoms with Crippen LogP contribution in [0.2, 0.25) is 0 Å². The molecule has 3 unspecified atom stereocenters. The third kappa shape index (κ3) is 7.34. The van der Waals surface area contributed by atoms with E-state index in [4.69, 9.17) is 5.84 Å². The van der Waals surface area contributed by atoms with Crippen LogP contribution in [0.4, 0.5) is 5.69 Å². The maximum absolute atomic E-state index is 12.2. The molecular weight excluding hydrogens is 412 g/mol. The number of aliphatic hydroxyl groups is 2. The van der Waals surface area contributed by atoms with Crippen molar-refractivity contribution in [3.05, 3.63) is 54.4 Å². The number of likely N-dealkylation sites (tertiary alicyclic amines) is 1. The monoisotopic (exact) mass is 446 g/mol. The van der Waals surface area contributed by atoms with Gasteiger partial charge in [-0.25, -0.2) is 11.3 Å².